The average Bonchev–Trinajstić information content (AvgIpc) is 3.06. The predicted octanol–water partition coefficient (Wildman–Crippen LogP) is 1.83. The molecule has 1 aliphatic heterocycles. The molecule has 0 radical (unpaired) electrons. The first-order chi connectivity index (χ1) is 11.4. The van der Waals surface area contributed by atoms with Crippen molar-refractivity contribution in [2.75, 3.05) is 19.6 Å². The predicted molar refractivity (Wildman–Crippen MR) is 86.6 cm³/mol. The van der Waals surface area contributed by atoms with E-state index in [9.17, 15) is 22.0 Å². The van der Waals surface area contributed by atoms with Gasteiger partial charge < -0.3 is 10.2 Å². The van der Waals surface area contributed by atoms with Gasteiger partial charge in [-0.2, -0.15) is 8.78 Å². The average molecular weight is 360 g/mol. The van der Waals surface area contributed by atoms with E-state index in [0.29, 0.717) is 12.1 Å². The zero-order valence-corrected chi connectivity index (χ0v) is 14.4. The summed E-state index contributed by atoms with van der Waals surface area (Å²) in [7, 11) is -4.60. The molecular weight excluding hydrogens is 338 g/mol. The van der Waals surface area contributed by atoms with Gasteiger partial charge in [0.2, 0.25) is 15.7 Å². The van der Waals surface area contributed by atoms with Crippen LogP contribution >= 0.6 is 0 Å². The molecule has 1 N–H and O–H groups in total. The van der Waals surface area contributed by atoms with Gasteiger partial charge in [-0.05, 0) is 37.1 Å². The van der Waals surface area contributed by atoms with E-state index in [4.69, 9.17) is 0 Å². The molecule has 1 aromatic rings. The molecule has 1 unspecified atom stereocenters. The Bertz CT molecular complexity index is 656. The molecule has 1 heterocycles. The third-order valence-corrected chi connectivity index (χ3v) is 5.50. The molecule has 1 atom stereocenters. The molecule has 1 saturated heterocycles. The van der Waals surface area contributed by atoms with Crippen molar-refractivity contribution < 1.29 is 22.0 Å². The number of benzene rings is 1. The lowest BCUT2D eigenvalue weighted by Gasteiger charge is -2.28. The first-order valence-electron chi connectivity index (χ1n) is 7.97. The summed E-state index contributed by atoms with van der Waals surface area (Å²) in [5.74, 6) is -3.48. The third kappa shape index (κ3) is 4.30. The van der Waals surface area contributed by atoms with Gasteiger partial charge in [0.05, 0.1) is 11.3 Å². The van der Waals surface area contributed by atoms with Gasteiger partial charge in [-0.3, -0.25) is 4.79 Å². The van der Waals surface area contributed by atoms with Crippen LogP contribution < -0.4 is 5.32 Å². The van der Waals surface area contributed by atoms with E-state index in [1.165, 1.54) is 12.1 Å². The highest BCUT2D eigenvalue weighted by molar-refractivity contribution is 7.91. The van der Waals surface area contributed by atoms with Gasteiger partial charge in [0.15, 0.2) is 0 Å². The minimum atomic E-state index is -4.60. The maximum Gasteiger partial charge on any atom is 0.341 e. The van der Waals surface area contributed by atoms with Gasteiger partial charge in [0, 0.05) is 19.1 Å². The molecule has 1 fully saturated rings. The number of carbonyl (C=O) groups is 1. The molecule has 0 spiro atoms. The van der Waals surface area contributed by atoms with E-state index in [1.807, 2.05) is 11.8 Å². The molecular formula is C16H22F2N2O3S. The van der Waals surface area contributed by atoms with Crippen molar-refractivity contribution in [1.29, 1.82) is 0 Å². The Kier molecular flexibility index (Phi) is 6.28. The number of carbonyl (C=O) groups excluding carboxylic acids is 1. The molecule has 0 aliphatic carbocycles. The highest BCUT2D eigenvalue weighted by Gasteiger charge is 2.27. The van der Waals surface area contributed by atoms with E-state index in [0.717, 1.165) is 38.1 Å². The minimum absolute atomic E-state index is 0.0324. The van der Waals surface area contributed by atoms with Gasteiger partial charge in [-0.25, -0.2) is 8.42 Å². The van der Waals surface area contributed by atoms with Crippen LogP contribution in [-0.2, 0) is 21.1 Å². The lowest BCUT2D eigenvalue weighted by atomic mass is 10.1. The van der Waals surface area contributed by atoms with E-state index in [1.54, 1.807) is 0 Å². The fourth-order valence-corrected chi connectivity index (χ4v) is 3.55. The van der Waals surface area contributed by atoms with Gasteiger partial charge >= 0.3 is 5.76 Å². The number of nitrogens with zero attached hydrogens (tertiary/aromatic N) is 1. The van der Waals surface area contributed by atoms with Gasteiger partial charge in [0.25, 0.3) is 0 Å². The van der Waals surface area contributed by atoms with Crippen molar-refractivity contribution in [3.8, 4) is 0 Å². The number of alkyl halides is 2. The highest BCUT2D eigenvalue weighted by atomic mass is 32.2. The van der Waals surface area contributed by atoms with Crippen LogP contribution in [-0.4, -0.2) is 50.7 Å². The van der Waals surface area contributed by atoms with Crippen molar-refractivity contribution in [2.45, 2.75) is 42.9 Å². The van der Waals surface area contributed by atoms with Crippen molar-refractivity contribution in [3.63, 3.8) is 0 Å². The lowest BCUT2D eigenvalue weighted by molar-refractivity contribution is -0.132. The normalized spacial score (nSPS) is 18.1. The zero-order valence-electron chi connectivity index (χ0n) is 13.5. The molecule has 8 heteroatoms. The first kappa shape index (κ1) is 18.8. The minimum Gasteiger partial charge on any atom is -0.338 e. The second-order valence-corrected chi connectivity index (χ2v) is 7.78. The monoisotopic (exact) mass is 360 g/mol. The van der Waals surface area contributed by atoms with Gasteiger partial charge in [0.1, 0.15) is 0 Å². The number of halogens is 2. The first-order valence-corrected chi connectivity index (χ1v) is 9.52. The molecule has 5 nitrogen and oxygen atoms in total. The Balaban J connectivity index is 2.08. The molecule has 0 aromatic heterocycles. The molecule has 2 rings (SSSR count). The fourth-order valence-electron chi connectivity index (χ4n) is 2.83. The number of hydrogen-bond acceptors (Lipinski definition) is 4. The number of hydrogen-bond donors (Lipinski definition) is 1. The van der Waals surface area contributed by atoms with Gasteiger partial charge in [-0.15, -0.1) is 0 Å². The van der Waals surface area contributed by atoms with Gasteiger partial charge in [-0.1, -0.05) is 19.1 Å². The van der Waals surface area contributed by atoms with Crippen LogP contribution in [0.15, 0.2) is 29.2 Å². The van der Waals surface area contributed by atoms with Crippen LogP contribution in [0.25, 0.3) is 0 Å². The number of sulfone groups is 1. The summed E-state index contributed by atoms with van der Waals surface area (Å²) in [6.07, 6.45) is 1.90. The van der Waals surface area contributed by atoms with E-state index in [-0.39, 0.29) is 18.4 Å². The van der Waals surface area contributed by atoms with Crippen LogP contribution in [0.5, 0.6) is 0 Å². The van der Waals surface area contributed by atoms with Crippen LogP contribution in [0.3, 0.4) is 0 Å². The van der Waals surface area contributed by atoms with Crippen LogP contribution in [0.2, 0.25) is 0 Å². The van der Waals surface area contributed by atoms with Crippen molar-refractivity contribution in [2.24, 2.45) is 0 Å². The maximum absolute atomic E-state index is 12.5. The third-order valence-electron chi connectivity index (χ3n) is 4.10. The number of rotatable bonds is 7. The lowest BCUT2D eigenvalue weighted by Crippen LogP contribution is -2.42. The van der Waals surface area contributed by atoms with Crippen molar-refractivity contribution >= 4 is 15.7 Å². The topological polar surface area (TPSA) is 66.5 Å². The van der Waals surface area contributed by atoms with E-state index < -0.39 is 20.5 Å². The fraction of sp³-hybridized carbons (Fsp3) is 0.562. The SMILES string of the molecule is CCCN(C(=O)Cc1ccc(S(=O)(=O)C(F)F)cc1)C1CCNC1. The quantitative estimate of drug-likeness (QED) is 0.806. The highest BCUT2D eigenvalue weighted by Crippen LogP contribution is 2.19. The van der Waals surface area contributed by atoms with E-state index in [2.05, 4.69) is 5.32 Å². The summed E-state index contributed by atoms with van der Waals surface area (Å²) in [5, 5.41) is 3.23. The number of amides is 1. The summed E-state index contributed by atoms with van der Waals surface area (Å²) in [5.41, 5.74) is 0.611. The molecule has 134 valence electrons. The molecule has 1 amide bonds. The molecule has 24 heavy (non-hydrogen) atoms. The summed E-state index contributed by atoms with van der Waals surface area (Å²) in [6.45, 7) is 4.34. The largest absolute Gasteiger partial charge is 0.341 e. The Morgan fingerprint density at radius 3 is 2.50 bits per heavy atom. The smallest absolute Gasteiger partial charge is 0.338 e. The van der Waals surface area contributed by atoms with Crippen LogP contribution in [0.4, 0.5) is 8.78 Å². The number of nitrogens with one attached hydrogen (secondary N) is 1. The second-order valence-electron chi connectivity index (χ2n) is 5.86. The van der Waals surface area contributed by atoms with E-state index >= 15 is 0 Å². The maximum atomic E-state index is 12.5. The second kappa shape index (κ2) is 8.02. The standard InChI is InChI=1S/C16H22F2N2O3S/c1-2-9-20(13-7-8-19-11-13)15(21)10-12-3-5-14(6-4-12)24(22,23)16(17)18/h3-6,13,16,19H,2,7-11H2,1H3. The summed E-state index contributed by atoms with van der Waals surface area (Å²) < 4.78 is 47.8. The summed E-state index contributed by atoms with van der Waals surface area (Å²) in [6, 6.07) is 5.28. The molecule has 1 aliphatic rings. The Morgan fingerprint density at radius 2 is 2.00 bits per heavy atom. The molecule has 0 saturated carbocycles. The molecule has 1 aromatic carbocycles. The Hall–Kier alpha value is -1.54. The van der Waals surface area contributed by atoms with Crippen molar-refractivity contribution in [1.82, 2.24) is 10.2 Å². The van der Waals surface area contributed by atoms with Crippen molar-refractivity contribution in [3.05, 3.63) is 29.8 Å². The Labute approximate surface area is 141 Å². The zero-order chi connectivity index (χ0) is 17.7. The summed E-state index contributed by atoms with van der Waals surface area (Å²) >= 11 is 0. The Morgan fingerprint density at radius 1 is 1.33 bits per heavy atom. The summed E-state index contributed by atoms with van der Waals surface area (Å²) in [4.78, 5) is 14.0. The molecule has 0 bridgehead atoms. The van der Waals surface area contributed by atoms with Crippen LogP contribution in [0.1, 0.15) is 25.3 Å². The van der Waals surface area contributed by atoms with Crippen LogP contribution in [0, 0.1) is 0 Å².